The smallest absolute Gasteiger partial charge is 0.273 e. The molecule has 21 heavy (non-hydrogen) atoms. The number of thiocarbonyl (C=S) groups is 1. The van der Waals surface area contributed by atoms with Gasteiger partial charge in [0.05, 0.1) is 11.6 Å². The minimum absolute atomic E-state index is 0.268. The Labute approximate surface area is 133 Å². The van der Waals surface area contributed by atoms with Crippen LogP contribution in [-0.2, 0) is 4.79 Å². The van der Waals surface area contributed by atoms with E-state index in [4.69, 9.17) is 17.5 Å². The fourth-order valence-corrected chi connectivity index (χ4v) is 2.02. The molecule has 1 fully saturated rings. The number of rotatable bonds is 3. The standard InChI is InChI=1S/C15H11N3OS2/c16-9-11-6-4-10(5-7-11)2-1-3-12(20)8-13-14(19)18-15(21)17-13/h1-8,20H,(H2,17,18,19,21)/b2-1+,12-3-,13-8?. The highest BCUT2D eigenvalue weighted by Crippen LogP contribution is 2.10. The fourth-order valence-electron chi connectivity index (χ4n) is 1.60. The van der Waals surface area contributed by atoms with Crippen LogP contribution in [0.4, 0.5) is 0 Å². The first kappa shape index (κ1) is 15.0. The topological polar surface area (TPSA) is 64.9 Å². The molecule has 2 N–H and O–H groups in total. The van der Waals surface area contributed by atoms with Crippen molar-refractivity contribution in [3.05, 3.63) is 64.2 Å². The Morgan fingerprint density at radius 2 is 2.00 bits per heavy atom. The van der Waals surface area contributed by atoms with Crippen molar-refractivity contribution >= 4 is 41.9 Å². The number of nitriles is 1. The number of thiol groups is 1. The van der Waals surface area contributed by atoms with Gasteiger partial charge in [0.2, 0.25) is 0 Å². The van der Waals surface area contributed by atoms with Crippen LogP contribution in [0.25, 0.3) is 6.08 Å². The van der Waals surface area contributed by atoms with E-state index < -0.39 is 0 Å². The Hall–Kier alpha value is -2.36. The van der Waals surface area contributed by atoms with Gasteiger partial charge in [0.1, 0.15) is 5.70 Å². The van der Waals surface area contributed by atoms with Gasteiger partial charge < -0.3 is 5.32 Å². The van der Waals surface area contributed by atoms with Crippen LogP contribution >= 0.6 is 24.8 Å². The first-order chi connectivity index (χ1) is 10.1. The molecule has 1 amide bonds. The Kier molecular flexibility index (Phi) is 4.93. The van der Waals surface area contributed by atoms with Crippen LogP contribution in [0.15, 0.2) is 53.1 Å². The highest BCUT2D eigenvalue weighted by molar-refractivity contribution is 7.84. The number of amides is 1. The molecule has 1 aliphatic rings. The lowest BCUT2D eigenvalue weighted by atomic mass is 10.1. The SMILES string of the molecule is N#Cc1ccc(/C=C/C=C(\S)C=C2NC(=S)NC2=O)cc1. The van der Waals surface area contributed by atoms with E-state index in [0.717, 1.165) is 5.56 Å². The van der Waals surface area contributed by atoms with Crippen LogP contribution in [0.3, 0.4) is 0 Å². The predicted molar refractivity (Wildman–Crippen MR) is 89.2 cm³/mol. The van der Waals surface area contributed by atoms with E-state index in [1.807, 2.05) is 24.3 Å². The maximum Gasteiger partial charge on any atom is 0.273 e. The number of allylic oxidation sites excluding steroid dienone is 3. The minimum atomic E-state index is -0.268. The Balaban J connectivity index is 2.04. The van der Waals surface area contributed by atoms with Crippen LogP contribution < -0.4 is 10.6 Å². The van der Waals surface area contributed by atoms with Gasteiger partial charge in [0.15, 0.2) is 5.11 Å². The molecule has 1 aliphatic heterocycles. The normalized spacial score (nSPS) is 17.0. The molecule has 0 saturated carbocycles. The average Bonchev–Trinajstić information content (AvgIpc) is 2.77. The van der Waals surface area contributed by atoms with Crippen molar-refractivity contribution in [3.63, 3.8) is 0 Å². The molecule has 4 nitrogen and oxygen atoms in total. The molecule has 1 aromatic carbocycles. The molecule has 1 aromatic rings. The van der Waals surface area contributed by atoms with E-state index in [1.165, 1.54) is 0 Å². The summed E-state index contributed by atoms with van der Waals surface area (Å²) in [5.41, 5.74) is 1.96. The quantitative estimate of drug-likeness (QED) is 0.347. The van der Waals surface area contributed by atoms with Crippen molar-refractivity contribution in [2.45, 2.75) is 0 Å². The van der Waals surface area contributed by atoms with Crippen molar-refractivity contribution < 1.29 is 4.79 Å². The van der Waals surface area contributed by atoms with Gasteiger partial charge in [-0.15, -0.1) is 12.6 Å². The van der Waals surface area contributed by atoms with Crippen LogP contribution in [0, 0.1) is 11.3 Å². The maximum absolute atomic E-state index is 11.4. The van der Waals surface area contributed by atoms with Gasteiger partial charge in [-0.05, 0) is 42.1 Å². The van der Waals surface area contributed by atoms with E-state index in [1.54, 1.807) is 24.3 Å². The molecule has 0 unspecified atom stereocenters. The second-order valence-corrected chi connectivity index (χ2v) is 5.08. The fraction of sp³-hybridized carbons (Fsp3) is 0. The second-order valence-electron chi connectivity index (χ2n) is 4.15. The summed E-state index contributed by atoms with van der Waals surface area (Å²) >= 11 is 9.11. The molecule has 1 heterocycles. The summed E-state index contributed by atoms with van der Waals surface area (Å²) in [6.45, 7) is 0. The van der Waals surface area contributed by atoms with Gasteiger partial charge in [-0.1, -0.05) is 24.3 Å². The first-order valence-corrected chi connectivity index (χ1v) is 6.85. The molecule has 0 radical (unpaired) electrons. The van der Waals surface area contributed by atoms with Crippen molar-refractivity contribution in [1.82, 2.24) is 10.6 Å². The third kappa shape index (κ3) is 4.31. The van der Waals surface area contributed by atoms with Crippen LogP contribution in [0.1, 0.15) is 11.1 Å². The third-order valence-corrected chi connectivity index (χ3v) is 3.09. The molecule has 1 saturated heterocycles. The summed E-state index contributed by atoms with van der Waals surface area (Å²) in [7, 11) is 0. The van der Waals surface area contributed by atoms with Gasteiger partial charge in [-0.3, -0.25) is 10.1 Å². The summed E-state index contributed by atoms with van der Waals surface area (Å²) in [4.78, 5) is 12.1. The number of hydrogen-bond donors (Lipinski definition) is 3. The summed E-state index contributed by atoms with van der Waals surface area (Å²) in [6, 6.07) is 9.27. The Bertz CT molecular complexity index is 709. The summed E-state index contributed by atoms with van der Waals surface area (Å²) in [6.07, 6.45) is 7.04. The molecule has 104 valence electrons. The minimum Gasteiger partial charge on any atom is -0.328 e. The molecule has 2 rings (SSSR count). The van der Waals surface area contributed by atoms with E-state index in [-0.39, 0.29) is 5.91 Å². The lowest BCUT2D eigenvalue weighted by Gasteiger charge is -1.94. The van der Waals surface area contributed by atoms with Crippen molar-refractivity contribution in [3.8, 4) is 6.07 Å². The summed E-state index contributed by atoms with van der Waals surface area (Å²) in [5.74, 6) is -0.268. The Morgan fingerprint density at radius 3 is 2.57 bits per heavy atom. The van der Waals surface area contributed by atoms with Crippen molar-refractivity contribution in [2.24, 2.45) is 0 Å². The van der Waals surface area contributed by atoms with Crippen LogP contribution in [0.5, 0.6) is 0 Å². The molecule has 0 spiro atoms. The molecule has 6 heteroatoms. The van der Waals surface area contributed by atoms with Crippen LogP contribution in [-0.4, -0.2) is 11.0 Å². The van der Waals surface area contributed by atoms with E-state index in [9.17, 15) is 4.79 Å². The Morgan fingerprint density at radius 1 is 1.29 bits per heavy atom. The van der Waals surface area contributed by atoms with Gasteiger partial charge in [0, 0.05) is 4.91 Å². The highest BCUT2D eigenvalue weighted by Gasteiger charge is 2.19. The second kappa shape index (κ2) is 6.88. The predicted octanol–water partition coefficient (Wildman–Crippen LogP) is 2.27. The number of benzene rings is 1. The zero-order valence-electron chi connectivity index (χ0n) is 10.8. The number of carbonyl (C=O) groups excluding carboxylic acids is 1. The van der Waals surface area contributed by atoms with E-state index in [0.29, 0.717) is 21.3 Å². The summed E-state index contributed by atoms with van der Waals surface area (Å²) < 4.78 is 0. The number of hydrogen-bond acceptors (Lipinski definition) is 4. The number of nitrogens with one attached hydrogen (secondary N) is 2. The van der Waals surface area contributed by atoms with Gasteiger partial charge >= 0.3 is 0 Å². The van der Waals surface area contributed by atoms with Gasteiger partial charge in [0.25, 0.3) is 5.91 Å². The monoisotopic (exact) mass is 313 g/mol. The summed E-state index contributed by atoms with van der Waals surface area (Å²) in [5, 5.41) is 14.2. The van der Waals surface area contributed by atoms with Gasteiger partial charge in [-0.25, -0.2) is 0 Å². The molecule has 0 aliphatic carbocycles. The molecular weight excluding hydrogens is 302 g/mol. The molecule has 0 aromatic heterocycles. The third-order valence-electron chi connectivity index (χ3n) is 2.61. The highest BCUT2D eigenvalue weighted by atomic mass is 32.1. The average molecular weight is 313 g/mol. The maximum atomic E-state index is 11.4. The number of carbonyl (C=O) groups is 1. The van der Waals surface area contributed by atoms with E-state index in [2.05, 4.69) is 29.3 Å². The molecular formula is C15H11N3OS2. The first-order valence-electron chi connectivity index (χ1n) is 6.00. The van der Waals surface area contributed by atoms with E-state index >= 15 is 0 Å². The van der Waals surface area contributed by atoms with Gasteiger partial charge in [-0.2, -0.15) is 5.26 Å². The molecule has 0 atom stereocenters. The largest absolute Gasteiger partial charge is 0.328 e. The zero-order valence-corrected chi connectivity index (χ0v) is 12.5. The zero-order chi connectivity index (χ0) is 15.2. The van der Waals surface area contributed by atoms with Crippen LogP contribution in [0.2, 0.25) is 0 Å². The lowest BCUT2D eigenvalue weighted by molar-refractivity contribution is -0.115. The van der Waals surface area contributed by atoms with Crippen molar-refractivity contribution in [1.29, 1.82) is 5.26 Å². The molecule has 0 bridgehead atoms. The number of nitrogens with zero attached hydrogens (tertiary/aromatic N) is 1. The lowest BCUT2D eigenvalue weighted by Crippen LogP contribution is -2.21. The van der Waals surface area contributed by atoms with Crippen molar-refractivity contribution in [2.75, 3.05) is 0 Å².